The van der Waals surface area contributed by atoms with Gasteiger partial charge in [-0.25, -0.2) is 0 Å². The zero-order chi connectivity index (χ0) is 15.5. The highest BCUT2D eigenvalue weighted by molar-refractivity contribution is 5.94. The van der Waals surface area contributed by atoms with Crippen molar-refractivity contribution in [3.63, 3.8) is 0 Å². The van der Waals surface area contributed by atoms with Crippen molar-refractivity contribution in [2.75, 3.05) is 13.2 Å². The summed E-state index contributed by atoms with van der Waals surface area (Å²) in [6.07, 6.45) is 6.86. The Hall–Kier alpha value is -2.14. The maximum absolute atomic E-state index is 11.6. The lowest BCUT2D eigenvalue weighted by molar-refractivity contribution is -0.116. The number of unbranched alkanes of at least 4 members (excludes halogenated alkanes) is 3. The molecule has 0 aromatic heterocycles. The van der Waals surface area contributed by atoms with E-state index >= 15 is 0 Å². The van der Waals surface area contributed by atoms with Crippen LogP contribution in [-0.4, -0.2) is 30.1 Å². The number of nitrogens with two attached hydrogens (primary N) is 1. The molecule has 0 unspecified atom stereocenters. The van der Waals surface area contributed by atoms with Crippen LogP contribution in [0.2, 0.25) is 0 Å². The summed E-state index contributed by atoms with van der Waals surface area (Å²) in [4.78, 5) is 22.5. The van der Waals surface area contributed by atoms with Gasteiger partial charge < -0.3 is 16.2 Å². The lowest BCUT2D eigenvalue weighted by Crippen LogP contribution is -2.21. The molecule has 0 saturated carbocycles. The molecule has 2 amide bonds. The number of aliphatic hydroxyl groups is 1. The van der Waals surface area contributed by atoms with Crippen LogP contribution in [0.15, 0.2) is 30.3 Å². The Bertz CT molecular complexity index is 481. The number of hydrogen-bond acceptors (Lipinski definition) is 3. The summed E-state index contributed by atoms with van der Waals surface area (Å²) < 4.78 is 0. The molecule has 0 fully saturated rings. The number of nitrogens with one attached hydrogen (secondary N) is 1. The number of carbonyl (C=O) groups excluding carboxylic acids is 2. The number of carbonyl (C=O) groups is 2. The summed E-state index contributed by atoms with van der Waals surface area (Å²) >= 11 is 0. The van der Waals surface area contributed by atoms with Crippen LogP contribution < -0.4 is 11.1 Å². The Labute approximate surface area is 124 Å². The SMILES string of the molecule is NC(=O)c1ccc(/C=C/C(=O)NCCCCCCO)cc1. The minimum absolute atomic E-state index is 0.142. The largest absolute Gasteiger partial charge is 0.396 e. The number of rotatable bonds is 9. The van der Waals surface area contributed by atoms with E-state index in [1.807, 2.05) is 0 Å². The van der Waals surface area contributed by atoms with E-state index in [-0.39, 0.29) is 12.5 Å². The molecular formula is C16H22N2O3. The Balaban J connectivity index is 2.28. The fourth-order valence-corrected chi connectivity index (χ4v) is 1.79. The molecular weight excluding hydrogens is 268 g/mol. The van der Waals surface area contributed by atoms with Gasteiger partial charge in [-0.1, -0.05) is 25.0 Å². The molecule has 114 valence electrons. The van der Waals surface area contributed by atoms with Crippen molar-refractivity contribution in [3.05, 3.63) is 41.5 Å². The topological polar surface area (TPSA) is 92.4 Å². The molecule has 0 heterocycles. The molecule has 0 aliphatic heterocycles. The average Bonchev–Trinajstić information content (AvgIpc) is 2.49. The van der Waals surface area contributed by atoms with E-state index in [1.165, 1.54) is 6.08 Å². The second kappa shape index (κ2) is 9.72. The van der Waals surface area contributed by atoms with Crippen molar-refractivity contribution in [1.29, 1.82) is 0 Å². The van der Waals surface area contributed by atoms with Gasteiger partial charge in [-0.3, -0.25) is 9.59 Å². The van der Waals surface area contributed by atoms with E-state index in [0.717, 1.165) is 31.2 Å². The smallest absolute Gasteiger partial charge is 0.248 e. The third kappa shape index (κ3) is 7.27. The fraction of sp³-hybridized carbons (Fsp3) is 0.375. The number of amides is 2. The second-order valence-electron chi connectivity index (χ2n) is 4.75. The van der Waals surface area contributed by atoms with Crippen LogP contribution in [0.1, 0.15) is 41.6 Å². The minimum atomic E-state index is -0.468. The molecule has 0 atom stereocenters. The summed E-state index contributed by atoms with van der Waals surface area (Å²) in [5.41, 5.74) is 6.43. The highest BCUT2D eigenvalue weighted by atomic mass is 16.2. The number of aliphatic hydroxyl groups excluding tert-OH is 1. The number of benzene rings is 1. The van der Waals surface area contributed by atoms with Crippen LogP contribution in [0.25, 0.3) is 6.08 Å². The van der Waals surface area contributed by atoms with Crippen LogP contribution in [-0.2, 0) is 4.79 Å². The van der Waals surface area contributed by atoms with Gasteiger partial charge in [-0.05, 0) is 36.6 Å². The second-order valence-corrected chi connectivity index (χ2v) is 4.75. The van der Waals surface area contributed by atoms with Crippen LogP contribution in [0.5, 0.6) is 0 Å². The first-order chi connectivity index (χ1) is 10.1. The molecule has 0 saturated heterocycles. The summed E-state index contributed by atoms with van der Waals surface area (Å²) in [6, 6.07) is 6.72. The van der Waals surface area contributed by atoms with Gasteiger partial charge in [-0.15, -0.1) is 0 Å². The Kier molecular flexibility index (Phi) is 7.82. The molecule has 1 aromatic carbocycles. The van der Waals surface area contributed by atoms with Crippen molar-refractivity contribution in [2.24, 2.45) is 5.73 Å². The van der Waals surface area contributed by atoms with Crippen molar-refractivity contribution >= 4 is 17.9 Å². The molecule has 0 bridgehead atoms. The normalized spacial score (nSPS) is 10.7. The molecule has 0 aliphatic carbocycles. The third-order valence-electron chi connectivity index (χ3n) is 3.01. The molecule has 0 radical (unpaired) electrons. The maximum Gasteiger partial charge on any atom is 0.248 e. The zero-order valence-corrected chi connectivity index (χ0v) is 12.0. The first-order valence-corrected chi connectivity index (χ1v) is 7.10. The molecule has 1 rings (SSSR count). The Morgan fingerprint density at radius 1 is 1.10 bits per heavy atom. The first kappa shape index (κ1) is 16.9. The van der Waals surface area contributed by atoms with Gasteiger partial charge in [0.05, 0.1) is 0 Å². The van der Waals surface area contributed by atoms with E-state index in [4.69, 9.17) is 10.8 Å². The summed E-state index contributed by atoms with van der Waals surface area (Å²) in [5, 5.41) is 11.4. The number of primary amides is 1. The van der Waals surface area contributed by atoms with Crippen LogP contribution in [0.4, 0.5) is 0 Å². The van der Waals surface area contributed by atoms with Gasteiger partial charge in [0.1, 0.15) is 0 Å². The van der Waals surface area contributed by atoms with Crippen molar-refractivity contribution in [3.8, 4) is 0 Å². The molecule has 5 nitrogen and oxygen atoms in total. The summed E-state index contributed by atoms with van der Waals surface area (Å²) in [7, 11) is 0. The minimum Gasteiger partial charge on any atom is -0.396 e. The van der Waals surface area contributed by atoms with E-state index < -0.39 is 5.91 Å². The fourth-order valence-electron chi connectivity index (χ4n) is 1.79. The van der Waals surface area contributed by atoms with Gasteiger partial charge in [0.2, 0.25) is 11.8 Å². The van der Waals surface area contributed by atoms with Crippen LogP contribution >= 0.6 is 0 Å². The molecule has 4 N–H and O–H groups in total. The van der Waals surface area contributed by atoms with E-state index in [9.17, 15) is 9.59 Å². The highest BCUT2D eigenvalue weighted by Crippen LogP contribution is 2.05. The Morgan fingerprint density at radius 3 is 2.38 bits per heavy atom. The van der Waals surface area contributed by atoms with Crippen LogP contribution in [0.3, 0.4) is 0 Å². The van der Waals surface area contributed by atoms with E-state index in [2.05, 4.69) is 5.32 Å². The van der Waals surface area contributed by atoms with E-state index in [0.29, 0.717) is 12.1 Å². The maximum atomic E-state index is 11.6. The summed E-state index contributed by atoms with van der Waals surface area (Å²) in [5.74, 6) is -0.611. The molecule has 0 spiro atoms. The molecule has 0 aliphatic rings. The monoisotopic (exact) mass is 290 g/mol. The quantitative estimate of drug-likeness (QED) is 0.475. The highest BCUT2D eigenvalue weighted by Gasteiger charge is 1.99. The molecule has 21 heavy (non-hydrogen) atoms. The van der Waals surface area contributed by atoms with Crippen molar-refractivity contribution in [2.45, 2.75) is 25.7 Å². The van der Waals surface area contributed by atoms with Crippen LogP contribution in [0, 0.1) is 0 Å². The average molecular weight is 290 g/mol. The lowest BCUT2D eigenvalue weighted by Gasteiger charge is -2.02. The predicted molar refractivity (Wildman–Crippen MR) is 82.6 cm³/mol. The van der Waals surface area contributed by atoms with E-state index in [1.54, 1.807) is 30.3 Å². The lowest BCUT2D eigenvalue weighted by atomic mass is 10.1. The summed E-state index contributed by atoms with van der Waals surface area (Å²) in [6.45, 7) is 0.860. The van der Waals surface area contributed by atoms with Gasteiger partial charge in [0.15, 0.2) is 0 Å². The predicted octanol–water partition coefficient (Wildman–Crippen LogP) is 1.47. The number of hydrogen-bond donors (Lipinski definition) is 3. The Morgan fingerprint density at radius 2 is 1.76 bits per heavy atom. The standard InChI is InChI=1S/C16H22N2O3/c17-16(21)14-8-5-13(6-9-14)7-10-15(20)18-11-3-1-2-4-12-19/h5-10,19H,1-4,11-12H2,(H2,17,21)(H,18,20)/b10-7+. The molecule has 1 aromatic rings. The van der Waals surface area contributed by atoms with Gasteiger partial charge in [0.25, 0.3) is 0 Å². The van der Waals surface area contributed by atoms with Gasteiger partial charge >= 0.3 is 0 Å². The van der Waals surface area contributed by atoms with Gasteiger partial charge in [-0.2, -0.15) is 0 Å². The van der Waals surface area contributed by atoms with Crippen molar-refractivity contribution < 1.29 is 14.7 Å². The van der Waals surface area contributed by atoms with Gasteiger partial charge in [0, 0.05) is 24.8 Å². The first-order valence-electron chi connectivity index (χ1n) is 7.10. The third-order valence-corrected chi connectivity index (χ3v) is 3.01. The molecule has 5 heteroatoms. The van der Waals surface area contributed by atoms with Crippen molar-refractivity contribution in [1.82, 2.24) is 5.32 Å². The zero-order valence-electron chi connectivity index (χ0n) is 12.0.